The lowest BCUT2D eigenvalue weighted by Crippen LogP contribution is -2.38. The highest BCUT2D eigenvalue weighted by molar-refractivity contribution is 6.44. The van der Waals surface area contributed by atoms with Gasteiger partial charge in [0.05, 0.1) is 22.2 Å². The highest BCUT2D eigenvalue weighted by Gasteiger charge is 2.35. The summed E-state index contributed by atoms with van der Waals surface area (Å²) in [6, 6.07) is 4.09. The van der Waals surface area contributed by atoms with Gasteiger partial charge in [-0.3, -0.25) is 9.79 Å². The Hall–Kier alpha value is -3.13. The maximum absolute atomic E-state index is 14.7. The average molecular weight is 513 g/mol. The minimum atomic E-state index is -1.36. The second-order valence-electron chi connectivity index (χ2n) is 10.1. The Morgan fingerprint density at radius 2 is 2.03 bits per heavy atom. The van der Waals surface area contributed by atoms with Crippen molar-refractivity contribution in [3.63, 3.8) is 0 Å². The second kappa shape index (κ2) is 9.73. The number of nitrogens with zero attached hydrogens (tertiary/aromatic N) is 3. The van der Waals surface area contributed by atoms with E-state index in [0.29, 0.717) is 5.03 Å². The predicted octanol–water partition coefficient (Wildman–Crippen LogP) is 4.74. The van der Waals surface area contributed by atoms with Crippen LogP contribution in [0.15, 0.2) is 63.2 Å². The maximum Gasteiger partial charge on any atom is 0.313 e. The Balaban J connectivity index is 1.27. The van der Waals surface area contributed by atoms with Gasteiger partial charge in [0.25, 0.3) is 6.02 Å². The van der Waals surface area contributed by atoms with E-state index in [1.807, 2.05) is 6.08 Å². The van der Waals surface area contributed by atoms with Gasteiger partial charge in [-0.15, -0.1) is 0 Å². The average Bonchev–Trinajstić information content (AvgIpc) is 3.24. The lowest BCUT2D eigenvalue weighted by atomic mass is 9.84. The van der Waals surface area contributed by atoms with Gasteiger partial charge in [-0.2, -0.15) is 0 Å². The lowest BCUT2D eigenvalue weighted by Gasteiger charge is -2.32. The number of fused-ring (bicyclic) bond motifs is 1. The molecule has 1 aromatic carbocycles. The van der Waals surface area contributed by atoms with Gasteiger partial charge >= 0.3 is 5.97 Å². The van der Waals surface area contributed by atoms with Crippen molar-refractivity contribution in [3.8, 4) is 5.75 Å². The molecule has 3 heterocycles. The number of hydrogen-bond donors (Lipinski definition) is 2. The van der Waals surface area contributed by atoms with Crippen molar-refractivity contribution >= 4 is 29.3 Å². The zero-order valence-electron chi connectivity index (χ0n) is 20.4. The number of nitrogens with one attached hydrogen (secondary N) is 1. The number of aliphatic carboxylic acids is 1. The number of piperidine rings is 1. The van der Waals surface area contributed by atoms with Gasteiger partial charge in [0.2, 0.25) is 0 Å². The van der Waals surface area contributed by atoms with Crippen LogP contribution in [0.5, 0.6) is 5.75 Å². The van der Waals surface area contributed by atoms with E-state index >= 15 is 0 Å². The third-order valence-electron chi connectivity index (χ3n) is 7.22. The minimum Gasteiger partial charge on any atom is -0.481 e. The number of carboxylic acid groups (broad SMARTS) is 1. The van der Waals surface area contributed by atoms with Crippen LogP contribution in [0.4, 0.5) is 4.39 Å². The molecular weight excluding hydrogens is 483 g/mol. The molecule has 1 aliphatic carbocycles. The normalized spacial score (nSPS) is 25.8. The molecule has 0 aromatic heterocycles. The summed E-state index contributed by atoms with van der Waals surface area (Å²) in [6.45, 7) is 5.14. The number of carboxylic acids is 1. The standard InChI is InChI=1S/C27H30ClFN4O3/c1-27(2,25(34)35)19-11-10-18(14-21(19)29)36-26-30-22-15-20(28)23(31-24(22)32-26)16-6-8-17(9-7-16)33-12-4-3-5-13-33/h6,8-11,14-16,22,24H,3-5,7,12-13H2,1-2H3,(H,30,32)(H,34,35). The first-order valence-corrected chi connectivity index (χ1v) is 12.7. The molecule has 4 aliphatic rings. The van der Waals surface area contributed by atoms with Crippen LogP contribution in [0.3, 0.4) is 0 Å². The van der Waals surface area contributed by atoms with Crippen LogP contribution in [0.25, 0.3) is 0 Å². The van der Waals surface area contributed by atoms with Crippen molar-refractivity contribution in [3.05, 3.63) is 64.6 Å². The van der Waals surface area contributed by atoms with Crippen LogP contribution in [0.2, 0.25) is 0 Å². The first-order valence-electron chi connectivity index (χ1n) is 12.4. The molecule has 3 unspecified atom stereocenters. The summed E-state index contributed by atoms with van der Waals surface area (Å²) >= 11 is 6.62. The molecule has 5 rings (SSSR count). The number of dihydropyridines is 1. The summed E-state index contributed by atoms with van der Waals surface area (Å²) in [5, 5.41) is 13.1. The van der Waals surface area contributed by atoms with Crippen molar-refractivity contribution in [2.45, 2.75) is 57.2 Å². The molecule has 0 bridgehead atoms. The molecule has 36 heavy (non-hydrogen) atoms. The number of carbonyl (C=O) groups is 1. The van der Waals surface area contributed by atoms with Crippen molar-refractivity contribution in [2.24, 2.45) is 15.9 Å². The van der Waals surface area contributed by atoms with Gasteiger partial charge < -0.3 is 20.1 Å². The van der Waals surface area contributed by atoms with Crippen molar-refractivity contribution in [1.29, 1.82) is 0 Å². The van der Waals surface area contributed by atoms with E-state index in [2.05, 4.69) is 33.4 Å². The molecule has 7 nitrogen and oxygen atoms in total. The zero-order chi connectivity index (χ0) is 25.4. The van der Waals surface area contributed by atoms with Gasteiger partial charge in [-0.1, -0.05) is 29.8 Å². The highest BCUT2D eigenvalue weighted by Crippen LogP contribution is 2.32. The summed E-state index contributed by atoms with van der Waals surface area (Å²) in [5.41, 5.74) is 0.812. The minimum absolute atomic E-state index is 0.0827. The maximum atomic E-state index is 14.7. The second-order valence-corrected chi connectivity index (χ2v) is 10.5. The fourth-order valence-electron chi connectivity index (χ4n) is 4.96. The van der Waals surface area contributed by atoms with Gasteiger partial charge in [0, 0.05) is 36.3 Å². The van der Waals surface area contributed by atoms with Crippen molar-refractivity contribution in [2.75, 3.05) is 13.1 Å². The summed E-state index contributed by atoms with van der Waals surface area (Å²) in [6.07, 6.45) is 12.7. The predicted molar refractivity (Wildman–Crippen MR) is 138 cm³/mol. The van der Waals surface area contributed by atoms with Crippen LogP contribution in [-0.2, 0) is 10.2 Å². The molecule has 3 aliphatic heterocycles. The molecule has 1 aromatic rings. The van der Waals surface area contributed by atoms with Crippen LogP contribution in [0, 0.1) is 11.7 Å². The number of allylic oxidation sites excluding steroid dienone is 4. The van der Waals surface area contributed by atoms with E-state index in [1.165, 1.54) is 57.0 Å². The number of amidine groups is 1. The third kappa shape index (κ3) is 4.78. The Labute approximate surface area is 215 Å². The summed E-state index contributed by atoms with van der Waals surface area (Å²) in [5.74, 6) is -1.46. The molecule has 0 amide bonds. The Kier molecular flexibility index (Phi) is 6.64. The van der Waals surface area contributed by atoms with E-state index < -0.39 is 23.4 Å². The molecule has 0 radical (unpaired) electrons. The third-order valence-corrected chi connectivity index (χ3v) is 7.54. The Morgan fingerprint density at radius 3 is 2.69 bits per heavy atom. The smallest absolute Gasteiger partial charge is 0.313 e. The molecule has 190 valence electrons. The molecule has 0 saturated carbocycles. The first-order chi connectivity index (χ1) is 17.2. The first kappa shape index (κ1) is 24.6. The van der Waals surface area contributed by atoms with Gasteiger partial charge in [0.1, 0.15) is 11.6 Å². The number of halogens is 2. The topological polar surface area (TPSA) is 86.5 Å². The monoisotopic (exact) mass is 512 g/mol. The van der Waals surface area contributed by atoms with Crippen molar-refractivity contribution in [1.82, 2.24) is 10.2 Å². The van der Waals surface area contributed by atoms with E-state index in [9.17, 15) is 14.3 Å². The number of likely N-dealkylation sites (tertiary alicyclic amines) is 1. The Morgan fingerprint density at radius 1 is 1.25 bits per heavy atom. The fraction of sp³-hybridized carbons (Fsp3) is 0.444. The number of hydrogen-bond acceptors (Lipinski definition) is 6. The summed E-state index contributed by atoms with van der Waals surface area (Å²) < 4.78 is 20.4. The molecular formula is C27H30ClFN4O3. The largest absolute Gasteiger partial charge is 0.481 e. The van der Waals surface area contributed by atoms with Crippen LogP contribution < -0.4 is 10.1 Å². The number of aliphatic imine (C=N–C) groups is 2. The van der Waals surface area contributed by atoms with Gasteiger partial charge in [-0.25, -0.2) is 9.38 Å². The van der Waals surface area contributed by atoms with E-state index in [4.69, 9.17) is 21.3 Å². The van der Waals surface area contributed by atoms with Crippen LogP contribution >= 0.6 is 11.6 Å². The number of benzene rings is 1. The molecule has 3 atom stereocenters. The SMILES string of the molecule is CC(C)(C(=O)O)c1ccc(OC2=NC3N=C(C4C=CC(N5CCCCC5)=CC4)C(Cl)=CC3N2)cc1F. The lowest BCUT2D eigenvalue weighted by molar-refractivity contribution is -0.142. The van der Waals surface area contributed by atoms with Crippen molar-refractivity contribution < 1.29 is 19.0 Å². The van der Waals surface area contributed by atoms with E-state index in [1.54, 1.807) is 0 Å². The van der Waals surface area contributed by atoms with Gasteiger partial charge in [0.15, 0.2) is 6.17 Å². The number of rotatable bonds is 5. The molecule has 9 heteroatoms. The molecule has 1 saturated heterocycles. The van der Waals surface area contributed by atoms with Crippen LogP contribution in [0.1, 0.15) is 45.1 Å². The quantitative estimate of drug-likeness (QED) is 0.595. The van der Waals surface area contributed by atoms with E-state index in [-0.39, 0.29) is 29.3 Å². The zero-order valence-corrected chi connectivity index (χ0v) is 21.1. The fourth-order valence-corrected chi connectivity index (χ4v) is 5.28. The van der Waals surface area contributed by atoms with Crippen LogP contribution in [-0.4, -0.2) is 53.0 Å². The highest BCUT2D eigenvalue weighted by atomic mass is 35.5. The Bertz CT molecular complexity index is 1210. The molecule has 2 N–H and O–H groups in total. The molecule has 0 spiro atoms. The number of ether oxygens (including phenoxy) is 1. The molecule has 1 fully saturated rings. The summed E-state index contributed by atoms with van der Waals surface area (Å²) in [7, 11) is 0. The van der Waals surface area contributed by atoms with E-state index in [0.717, 1.165) is 25.2 Å². The van der Waals surface area contributed by atoms with Gasteiger partial charge in [-0.05, 0) is 57.7 Å². The summed E-state index contributed by atoms with van der Waals surface area (Å²) in [4.78, 5) is 23.3.